The van der Waals surface area contributed by atoms with Gasteiger partial charge in [-0.1, -0.05) is 0 Å². The minimum Gasteiger partial charge on any atom is -0.447 e. The van der Waals surface area contributed by atoms with Crippen LogP contribution in [0.4, 0.5) is 29.3 Å². The van der Waals surface area contributed by atoms with Crippen molar-refractivity contribution >= 4 is 17.5 Å². The first-order valence-corrected chi connectivity index (χ1v) is 4.80. The van der Waals surface area contributed by atoms with Crippen molar-refractivity contribution in [3.05, 3.63) is 23.8 Å². The van der Waals surface area contributed by atoms with Crippen molar-refractivity contribution in [2.45, 2.75) is 6.18 Å². The number of carbonyl (C=O) groups is 1. The van der Waals surface area contributed by atoms with Crippen molar-refractivity contribution in [3.63, 3.8) is 0 Å². The third-order valence-corrected chi connectivity index (χ3v) is 2.41. The third kappa shape index (κ3) is 2.13. The second-order valence-electron chi connectivity index (χ2n) is 3.54. The van der Waals surface area contributed by atoms with E-state index in [-0.39, 0.29) is 24.5 Å². The van der Waals surface area contributed by atoms with Gasteiger partial charge in [0, 0.05) is 0 Å². The Morgan fingerprint density at radius 3 is 2.59 bits per heavy atom. The summed E-state index contributed by atoms with van der Waals surface area (Å²) in [6.45, 7) is 0.346. The van der Waals surface area contributed by atoms with Crippen molar-refractivity contribution < 1.29 is 22.7 Å². The second kappa shape index (κ2) is 3.83. The number of nitrogens with two attached hydrogens (primary N) is 1. The Bertz CT molecular complexity index is 459. The van der Waals surface area contributed by atoms with Crippen LogP contribution in [-0.2, 0) is 10.9 Å². The summed E-state index contributed by atoms with van der Waals surface area (Å²) in [5.74, 6) is 0. The summed E-state index contributed by atoms with van der Waals surface area (Å²) < 4.78 is 42.2. The molecule has 1 amide bonds. The molecule has 1 aliphatic rings. The van der Waals surface area contributed by atoms with Crippen molar-refractivity contribution in [1.82, 2.24) is 0 Å². The zero-order valence-corrected chi connectivity index (χ0v) is 8.62. The van der Waals surface area contributed by atoms with Gasteiger partial charge in [-0.2, -0.15) is 13.2 Å². The average molecular weight is 246 g/mol. The van der Waals surface area contributed by atoms with Crippen molar-refractivity contribution in [1.29, 1.82) is 0 Å². The molecule has 1 aromatic rings. The standard InChI is InChI=1S/C10H9F3N2O2/c11-10(12,13)6-1-2-7(14)8(5-6)15-3-4-17-9(15)16/h1-2,5H,3-4,14H2. The molecule has 4 nitrogen and oxygen atoms in total. The van der Waals surface area contributed by atoms with Gasteiger partial charge in [-0.25, -0.2) is 4.79 Å². The van der Waals surface area contributed by atoms with E-state index in [1.54, 1.807) is 0 Å². The first-order valence-electron chi connectivity index (χ1n) is 4.80. The number of nitrogens with zero attached hydrogens (tertiary/aromatic N) is 1. The van der Waals surface area contributed by atoms with E-state index in [9.17, 15) is 18.0 Å². The van der Waals surface area contributed by atoms with Crippen LogP contribution in [0.25, 0.3) is 0 Å². The first kappa shape index (κ1) is 11.6. The van der Waals surface area contributed by atoms with E-state index in [4.69, 9.17) is 5.73 Å². The molecule has 0 spiro atoms. The zero-order chi connectivity index (χ0) is 12.6. The lowest BCUT2D eigenvalue weighted by atomic mass is 10.1. The maximum absolute atomic E-state index is 12.5. The van der Waals surface area contributed by atoms with E-state index in [2.05, 4.69) is 4.74 Å². The van der Waals surface area contributed by atoms with Gasteiger partial charge in [0.25, 0.3) is 0 Å². The number of benzene rings is 1. The number of nitrogen functional groups attached to an aromatic ring is 1. The molecule has 1 saturated heterocycles. The molecule has 0 atom stereocenters. The number of halogens is 3. The fraction of sp³-hybridized carbons (Fsp3) is 0.300. The molecule has 7 heteroatoms. The Labute approximate surface area is 94.8 Å². The topological polar surface area (TPSA) is 55.6 Å². The number of rotatable bonds is 1. The van der Waals surface area contributed by atoms with Crippen molar-refractivity contribution in [2.75, 3.05) is 23.8 Å². The maximum atomic E-state index is 12.5. The van der Waals surface area contributed by atoms with Crippen molar-refractivity contribution in [3.8, 4) is 0 Å². The van der Waals surface area contributed by atoms with Gasteiger partial charge in [-0.3, -0.25) is 4.90 Å². The molecule has 17 heavy (non-hydrogen) atoms. The van der Waals surface area contributed by atoms with E-state index in [1.807, 2.05) is 0 Å². The number of hydrogen-bond acceptors (Lipinski definition) is 3. The van der Waals surface area contributed by atoms with Crippen LogP contribution < -0.4 is 10.6 Å². The van der Waals surface area contributed by atoms with Crippen LogP contribution in [0.15, 0.2) is 18.2 Å². The normalized spacial score (nSPS) is 16.2. The Morgan fingerprint density at radius 2 is 2.06 bits per heavy atom. The zero-order valence-electron chi connectivity index (χ0n) is 8.62. The molecule has 0 bridgehead atoms. The van der Waals surface area contributed by atoms with Crippen LogP contribution in [0.2, 0.25) is 0 Å². The Hall–Kier alpha value is -1.92. The van der Waals surface area contributed by atoms with Crippen LogP contribution in [-0.4, -0.2) is 19.2 Å². The summed E-state index contributed by atoms with van der Waals surface area (Å²) in [5, 5.41) is 0. The van der Waals surface area contributed by atoms with Gasteiger partial charge >= 0.3 is 12.3 Å². The van der Waals surface area contributed by atoms with Gasteiger partial charge in [0.05, 0.1) is 23.5 Å². The highest BCUT2D eigenvalue weighted by Crippen LogP contribution is 2.35. The molecule has 1 aromatic carbocycles. The summed E-state index contributed by atoms with van der Waals surface area (Å²) in [6, 6.07) is 2.85. The van der Waals surface area contributed by atoms with Gasteiger partial charge in [0.15, 0.2) is 0 Å². The maximum Gasteiger partial charge on any atom is 0.416 e. The first-order chi connectivity index (χ1) is 7.89. The van der Waals surface area contributed by atoms with E-state index in [1.165, 1.54) is 0 Å². The molecular formula is C10H9F3N2O2. The fourth-order valence-corrected chi connectivity index (χ4v) is 1.57. The summed E-state index contributed by atoms with van der Waals surface area (Å²) in [5.41, 5.74) is 4.85. The highest BCUT2D eigenvalue weighted by Gasteiger charge is 2.33. The predicted molar refractivity (Wildman–Crippen MR) is 54.6 cm³/mol. The van der Waals surface area contributed by atoms with Crippen LogP contribution in [0, 0.1) is 0 Å². The molecule has 0 saturated carbocycles. The predicted octanol–water partition coefficient (Wildman–Crippen LogP) is 2.24. The van der Waals surface area contributed by atoms with E-state index in [0.717, 1.165) is 23.1 Å². The molecule has 0 aliphatic carbocycles. The Balaban J connectivity index is 2.42. The number of hydrogen-bond donors (Lipinski definition) is 1. The van der Waals surface area contributed by atoms with Gasteiger partial charge < -0.3 is 10.5 Å². The molecule has 0 radical (unpaired) electrons. The average Bonchev–Trinajstić information content (AvgIpc) is 2.63. The number of anilines is 2. The van der Waals surface area contributed by atoms with Crippen molar-refractivity contribution in [2.24, 2.45) is 0 Å². The summed E-state index contributed by atoms with van der Waals surface area (Å²) >= 11 is 0. The molecular weight excluding hydrogens is 237 g/mol. The molecule has 1 heterocycles. The number of cyclic esters (lactones) is 1. The SMILES string of the molecule is Nc1ccc(C(F)(F)F)cc1N1CCOC1=O. The lowest BCUT2D eigenvalue weighted by molar-refractivity contribution is -0.137. The second-order valence-corrected chi connectivity index (χ2v) is 3.54. The van der Waals surface area contributed by atoms with Gasteiger partial charge in [0.2, 0.25) is 0 Å². The smallest absolute Gasteiger partial charge is 0.416 e. The summed E-state index contributed by atoms with van der Waals surface area (Å²) in [4.78, 5) is 12.3. The summed E-state index contributed by atoms with van der Waals surface area (Å²) in [6.07, 6.45) is -5.15. The molecule has 1 aliphatic heterocycles. The molecule has 2 N–H and O–H groups in total. The Kier molecular flexibility index (Phi) is 2.60. The van der Waals surface area contributed by atoms with Gasteiger partial charge in [-0.05, 0) is 18.2 Å². The molecule has 0 aromatic heterocycles. The van der Waals surface area contributed by atoms with Crippen LogP contribution in [0.1, 0.15) is 5.56 Å². The number of ether oxygens (including phenoxy) is 1. The minimum atomic E-state index is -4.47. The highest BCUT2D eigenvalue weighted by molar-refractivity contribution is 5.93. The fourth-order valence-electron chi connectivity index (χ4n) is 1.57. The highest BCUT2D eigenvalue weighted by atomic mass is 19.4. The Morgan fingerprint density at radius 1 is 1.35 bits per heavy atom. The van der Waals surface area contributed by atoms with Crippen LogP contribution in [0.5, 0.6) is 0 Å². The molecule has 2 rings (SSSR count). The number of alkyl halides is 3. The quantitative estimate of drug-likeness (QED) is 0.773. The lowest BCUT2D eigenvalue weighted by Crippen LogP contribution is -2.25. The molecule has 0 unspecified atom stereocenters. The van der Waals surface area contributed by atoms with E-state index in [0.29, 0.717) is 0 Å². The van der Waals surface area contributed by atoms with E-state index >= 15 is 0 Å². The third-order valence-electron chi connectivity index (χ3n) is 2.41. The van der Waals surface area contributed by atoms with E-state index < -0.39 is 17.8 Å². The number of amides is 1. The molecule has 92 valence electrons. The molecule has 1 fully saturated rings. The monoisotopic (exact) mass is 246 g/mol. The van der Waals surface area contributed by atoms with Crippen LogP contribution >= 0.6 is 0 Å². The lowest BCUT2D eigenvalue weighted by Gasteiger charge is -2.17. The van der Waals surface area contributed by atoms with Gasteiger partial charge in [0.1, 0.15) is 6.61 Å². The van der Waals surface area contributed by atoms with Gasteiger partial charge in [-0.15, -0.1) is 0 Å². The van der Waals surface area contributed by atoms with Crippen LogP contribution in [0.3, 0.4) is 0 Å². The number of carbonyl (C=O) groups excluding carboxylic acids is 1. The largest absolute Gasteiger partial charge is 0.447 e. The minimum absolute atomic E-state index is 0.0299. The summed E-state index contributed by atoms with van der Waals surface area (Å²) in [7, 11) is 0.